The van der Waals surface area contributed by atoms with Crippen LogP contribution in [0.25, 0.3) is 0 Å². The highest BCUT2D eigenvalue weighted by atomic mass is 14.2. The van der Waals surface area contributed by atoms with E-state index in [-0.39, 0.29) is 0 Å². The minimum atomic E-state index is 0.849. The summed E-state index contributed by atoms with van der Waals surface area (Å²) >= 11 is 0. The summed E-state index contributed by atoms with van der Waals surface area (Å²) < 4.78 is 0. The van der Waals surface area contributed by atoms with Crippen LogP contribution in [0.3, 0.4) is 0 Å². The Hall–Kier alpha value is 0. The molecule has 0 heterocycles. The van der Waals surface area contributed by atoms with Crippen molar-refractivity contribution >= 4 is 0 Å². The average Bonchev–Trinajstić information content (AvgIpc) is 2.23. The normalized spacial score (nSPS) is 13.9. The summed E-state index contributed by atoms with van der Waals surface area (Å²) in [6.45, 7) is 14.3. The molecule has 0 aliphatic rings. The summed E-state index contributed by atoms with van der Waals surface area (Å²) in [6, 6.07) is 0. The second-order valence-corrected chi connectivity index (χ2v) is 6.68. The molecular weight excluding hydrogens is 204 g/mol. The number of rotatable bonds is 10. The molecule has 0 aromatic rings. The monoisotopic (exact) mass is 240 g/mol. The molecule has 0 spiro atoms. The van der Waals surface area contributed by atoms with E-state index >= 15 is 0 Å². The van der Waals surface area contributed by atoms with Crippen LogP contribution in [0.4, 0.5) is 0 Å². The molecule has 0 saturated heterocycles. The van der Waals surface area contributed by atoms with Gasteiger partial charge < -0.3 is 0 Å². The summed E-state index contributed by atoms with van der Waals surface area (Å²) in [7, 11) is 0. The van der Waals surface area contributed by atoms with Gasteiger partial charge in [-0.05, 0) is 30.1 Å². The largest absolute Gasteiger partial charge is 0.0654 e. The van der Waals surface area contributed by atoms with Gasteiger partial charge in [0, 0.05) is 0 Å². The molecule has 0 radical (unpaired) electrons. The first-order valence-corrected chi connectivity index (χ1v) is 7.99. The van der Waals surface area contributed by atoms with Gasteiger partial charge in [0.05, 0.1) is 0 Å². The lowest BCUT2D eigenvalue weighted by Crippen LogP contribution is -2.16. The Morgan fingerprint density at radius 2 is 1.24 bits per heavy atom. The summed E-state index contributed by atoms with van der Waals surface area (Å²) in [5.41, 5.74) is 0. The van der Waals surface area contributed by atoms with Crippen LogP contribution in [-0.4, -0.2) is 0 Å². The fourth-order valence-corrected chi connectivity index (χ4v) is 2.98. The van der Waals surface area contributed by atoms with E-state index in [0.717, 1.165) is 23.7 Å². The third-order valence-electron chi connectivity index (χ3n) is 4.26. The average molecular weight is 240 g/mol. The molecule has 0 fully saturated rings. The topological polar surface area (TPSA) is 0 Å². The Labute approximate surface area is 111 Å². The highest BCUT2D eigenvalue weighted by Gasteiger charge is 2.17. The van der Waals surface area contributed by atoms with E-state index in [0.29, 0.717) is 0 Å². The molecule has 0 aromatic heterocycles. The van der Waals surface area contributed by atoms with E-state index in [9.17, 15) is 0 Å². The van der Waals surface area contributed by atoms with Gasteiger partial charge >= 0.3 is 0 Å². The molecule has 0 N–H and O–H groups in total. The third-order valence-corrected chi connectivity index (χ3v) is 4.26. The number of hydrogen-bond donors (Lipinski definition) is 0. The molecule has 0 aliphatic carbocycles. The Kier molecular flexibility index (Phi) is 9.97. The molecule has 0 aliphatic heterocycles. The Morgan fingerprint density at radius 1 is 0.647 bits per heavy atom. The maximum atomic E-state index is 2.45. The van der Waals surface area contributed by atoms with E-state index in [4.69, 9.17) is 0 Å². The van der Waals surface area contributed by atoms with Crippen LogP contribution in [-0.2, 0) is 0 Å². The van der Waals surface area contributed by atoms with Crippen molar-refractivity contribution in [1.82, 2.24) is 0 Å². The maximum absolute atomic E-state index is 2.45. The molecule has 0 amide bonds. The second-order valence-electron chi connectivity index (χ2n) is 6.68. The van der Waals surface area contributed by atoms with E-state index in [2.05, 4.69) is 41.5 Å². The number of unbranched alkanes of at least 4 members (excludes halogenated alkanes) is 3. The second kappa shape index (κ2) is 9.97. The molecule has 104 valence electrons. The SMILES string of the molecule is CCCCCCC(C)CCC(C(C)C)C(C)C. The van der Waals surface area contributed by atoms with Gasteiger partial charge in [-0.25, -0.2) is 0 Å². The molecule has 0 rings (SSSR count). The minimum Gasteiger partial charge on any atom is -0.0654 e. The fourth-order valence-electron chi connectivity index (χ4n) is 2.98. The highest BCUT2D eigenvalue weighted by Crippen LogP contribution is 2.28. The molecule has 1 atom stereocenters. The first-order chi connectivity index (χ1) is 7.99. The van der Waals surface area contributed by atoms with Crippen LogP contribution in [0.15, 0.2) is 0 Å². The van der Waals surface area contributed by atoms with Crippen molar-refractivity contribution in [2.45, 2.75) is 86.5 Å². The summed E-state index contributed by atoms with van der Waals surface area (Å²) in [6.07, 6.45) is 9.99. The summed E-state index contributed by atoms with van der Waals surface area (Å²) in [5, 5.41) is 0. The molecular formula is C17H36. The van der Waals surface area contributed by atoms with Crippen molar-refractivity contribution in [3.05, 3.63) is 0 Å². The van der Waals surface area contributed by atoms with Crippen molar-refractivity contribution < 1.29 is 0 Å². The van der Waals surface area contributed by atoms with Crippen molar-refractivity contribution in [1.29, 1.82) is 0 Å². The van der Waals surface area contributed by atoms with Crippen LogP contribution in [0.1, 0.15) is 86.5 Å². The maximum Gasteiger partial charge on any atom is -0.0368 e. The zero-order chi connectivity index (χ0) is 13.3. The summed E-state index contributed by atoms with van der Waals surface area (Å²) in [4.78, 5) is 0. The predicted molar refractivity (Wildman–Crippen MR) is 80.3 cm³/mol. The quantitative estimate of drug-likeness (QED) is 0.393. The summed E-state index contributed by atoms with van der Waals surface area (Å²) in [5.74, 6) is 3.56. The van der Waals surface area contributed by atoms with Gasteiger partial charge in [0.2, 0.25) is 0 Å². The van der Waals surface area contributed by atoms with E-state index < -0.39 is 0 Å². The van der Waals surface area contributed by atoms with Crippen LogP contribution in [0, 0.1) is 23.7 Å². The molecule has 0 aromatic carbocycles. The van der Waals surface area contributed by atoms with Gasteiger partial charge in [0.15, 0.2) is 0 Å². The minimum absolute atomic E-state index is 0.849. The standard InChI is InChI=1S/C17H36/c1-7-8-9-10-11-16(6)12-13-17(14(2)3)15(4)5/h14-17H,7-13H2,1-6H3. The van der Waals surface area contributed by atoms with E-state index in [1.165, 1.54) is 44.9 Å². The highest BCUT2D eigenvalue weighted by molar-refractivity contribution is 4.68. The Morgan fingerprint density at radius 3 is 1.71 bits per heavy atom. The van der Waals surface area contributed by atoms with Crippen LogP contribution in [0.5, 0.6) is 0 Å². The van der Waals surface area contributed by atoms with Gasteiger partial charge in [-0.15, -0.1) is 0 Å². The van der Waals surface area contributed by atoms with Gasteiger partial charge in [0.25, 0.3) is 0 Å². The van der Waals surface area contributed by atoms with E-state index in [1.54, 1.807) is 0 Å². The molecule has 1 unspecified atom stereocenters. The lowest BCUT2D eigenvalue weighted by Gasteiger charge is -2.26. The Bertz CT molecular complexity index is 149. The Balaban J connectivity index is 3.69. The predicted octanol–water partition coefficient (Wildman–Crippen LogP) is 6.30. The number of hydrogen-bond acceptors (Lipinski definition) is 0. The third kappa shape index (κ3) is 8.69. The zero-order valence-corrected chi connectivity index (χ0v) is 13.3. The van der Waals surface area contributed by atoms with Gasteiger partial charge in [0.1, 0.15) is 0 Å². The first-order valence-electron chi connectivity index (χ1n) is 7.99. The van der Waals surface area contributed by atoms with E-state index in [1.807, 2.05) is 0 Å². The zero-order valence-electron chi connectivity index (χ0n) is 13.3. The van der Waals surface area contributed by atoms with Crippen LogP contribution in [0.2, 0.25) is 0 Å². The first kappa shape index (κ1) is 17.0. The van der Waals surface area contributed by atoms with Crippen molar-refractivity contribution in [3.63, 3.8) is 0 Å². The van der Waals surface area contributed by atoms with Crippen LogP contribution < -0.4 is 0 Å². The molecule has 0 nitrogen and oxygen atoms in total. The lowest BCUT2D eigenvalue weighted by molar-refractivity contribution is 0.246. The van der Waals surface area contributed by atoms with Crippen molar-refractivity contribution in [2.24, 2.45) is 23.7 Å². The molecule has 0 bridgehead atoms. The smallest absolute Gasteiger partial charge is 0.0368 e. The lowest BCUT2D eigenvalue weighted by atomic mass is 9.80. The molecule has 0 saturated carbocycles. The molecule has 0 heteroatoms. The van der Waals surface area contributed by atoms with Gasteiger partial charge in [-0.1, -0.05) is 80.1 Å². The van der Waals surface area contributed by atoms with Crippen molar-refractivity contribution in [3.8, 4) is 0 Å². The fraction of sp³-hybridized carbons (Fsp3) is 1.00. The van der Waals surface area contributed by atoms with Crippen LogP contribution >= 0.6 is 0 Å². The van der Waals surface area contributed by atoms with Gasteiger partial charge in [-0.3, -0.25) is 0 Å². The molecule has 17 heavy (non-hydrogen) atoms. The van der Waals surface area contributed by atoms with Gasteiger partial charge in [-0.2, -0.15) is 0 Å². The van der Waals surface area contributed by atoms with Crippen molar-refractivity contribution in [2.75, 3.05) is 0 Å².